The van der Waals surface area contributed by atoms with Gasteiger partial charge in [-0.1, -0.05) is 105 Å². The smallest absolute Gasteiger partial charge is 0.0366 e. The molecule has 0 amide bonds. The first-order valence-corrected chi connectivity index (χ1v) is 15.4. The van der Waals surface area contributed by atoms with E-state index in [1.165, 1.54) is 45.0 Å². The SMILES string of the molecule is C=C(NCC1CCN(c2ccccc2)CC1)c1ccc(SC2=C(C(CC)c3ccccc3)C=CCC2C)cc1. The summed E-state index contributed by atoms with van der Waals surface area (Å²) in [7, 11) is 0. The molecule has 39 heavy (non-hydrogen) atoms. The Bertz CT molecular complexity index is 1270. The van der Waals surface area contributed by atoms with Crippen molar-refractivity contribution in [3.63, 3.8) is 0 Å². The molecule has 0 bridgehead atoms. The number of rotatable bonds is 10. The molecule has 3 heteroatoms. The van der Waals surface area contributed by atoms with Crippen molar-refractivity contribution < 1.29 is 0 Å². The monoisotopic (exact) mass is 534 g/mol. The van der Waals surface area contributed by atoms with E-state index in [2.05, 4.69) is 128 Å². The first-order chi connectivity index (χ1) is 19.1. The first kappa shape index (κ1) is 27.4. The summed E-state index contributed by atoms with van der Waals surface area (Å²) >= 11 is 1.95. The molecule has 202 valence electrons. The van der Waals surface area contributed by atoms with Crippen molar-refractivity contribution in [2.45, 2.75) is 50.3 Å². The number of hydrogen-bond acceptors (Lipinski definition) is 3. The lowest BCUT2D eigenvalue weighted by Gasteiger charge is -2.34. The summed E-state index contributed by atoms with van der Waals surface area (Å²) in [5.41, 5.74) is 6.46. The molecule has 2 atom stereocenters. The third-order valence-electron chi connectivity index (χ3n) is 8.28. The van der Waals surface area contributed by atoms with E-state index in [4.69, 9.17) is 0 Å². The van der Waals surface area contributed by atoms with Crippen molar-refractivity contribution in [3.05, 3.63) is 125 Å². The lowest BCUT2D eigenvalue weighted by Crippen LogP contribution is -2.36. The van der Waals surface area contributed by atoms with Crippen molar-refractivity contribution in [2.24, 2.45) is 11.8 Å². The van der Waals surface area contributed by atoms with E-state index < -0.39 is 0 Å². The van der Waals surface area contributed by atoms with Crippen LogP contribution in [0.5, 0.6) is 0 Å². The van der Waals surface area contributed by atoms with E-state index in [1.54, 1.807) is 0 Å². The first-order valence-electron chi connectivity index (χ1n) is 14.6. The number of benzene rings is 3. The number of para-hydroxylation sites is 1. The Kier molecular flexibility index (Phi) is 9.32. The minimum Gasteiger partial charge on any atom is -0.385 e. The van der Waals surface area contributed by atoms with Crippen LogP contribution in [0.15, 0.2) is 119 Å². The molecule has 1 N–H and O–H groups in total. The summed E-state index contributed by atoms with van der Waals surface area (Å²) < 4.78 is 0. The topological polar surface area (TPSA) is 15.3 Å². The van der Waals surface area contributed by atoms with E-state index in [0.717, 1.165) is 38.2 Å². The van der Waals surface area contributed by atoms with Crippen LogP contribution in [0.2, 0.25) is 0 Å². The van der Waals surface area contributed by atoms with Gasteiger partial charge in [-0.2, -0.15) is 0 Å². The van der Waals surface area contributed by atoms with Crippen LogP contribution in [0.4, 0.5) is 5.69 Å². The summed E-state index contributed by atoms with van der Waals surface area (Å²) in [6, 6.07) is 30.8. The van der Waals surface area contributed by atoms with E-state index in [9.17, 15) is 0 Å². The normalized spacial score (nSPS) is 18.7. The molecule has 1 fully saturated rings. The van der Waals surface area contributed by atoms with Gasteiger partial charge in [0, 0.05) is 41.8 Å². The molecule has 3 aromatic carbocycles. The zero-order valence-corrected chi connectivity index (χ0v) is 24.3. The molecule has 1 saturated heterocycles. The molecule has 0 aromatic heterocycles. The van der Waals surface area contributed by atoms with Crippen LogP contribution < -0.4 is 10.2 Å². The molecule has 2 aliphatic rings. The maximum absolute atomic E-state index is 4.36. The lowest BCUT2D eigenvalue weighted by molar-refractivity contribution is 0.400. The van der Waals surface area contributed by atoms with Crippen molar-refractivity contribution in [3.8, 4) is 0 Å². The highest BCUT2D eigenvalue weighted by Gasteiger charge is 2.24. The molecular weight excluding hydrogens is 492 g/mol. The zero-order chi connectivity index (χ0) is 27.0. The molecule has 1 aliphatic carbocycles. The lowest BCUT2D eigenvalue weighted by atomic mass is 9.83. The van der Waals surface area contributed by atoms with Gasteiger partial charge < -0.3 is 10.2 Å². The van der Waals surface area contributed by atoms with Gasteiger partial charge in [0.1, 0.15) is 0 Å². The molecule has 2 nitrogen and oxygen atoms in total. The Morgan fingerprint density at radius 2 is 1.62 bits per heavy atom. The van der Waals surface area contributed by atoms with Crippen molar-refractivity contribution in [1.29, 1.82) is 0 Å². The minimum absolute atomic E-state index is 0.440. The van der Waals surface area contributed by atoms with Crippen LogP contribution in [0.25, 0.3) is 5.70 Å². The highest BCUT2D eigenvalue weighted by atomic mass is 32.2. The molecule has 1 heterocycles. The quantitative estimate of drug-likeness (QED) is 0.279. The molecule has 2 unspecified atom stereocenters. The number of nitrogens with one attached hydrogen (secondary N) is 1. The van der Waals surface area contributed by atoms with Gasteiger partial charge in [0.15, 0.2) is 0 Å². The fourth-order valence-electron chi connectivity index (χ4n) is 5.90. The van der Waals surface area contributed by atoms with Gasteiger partial charge in [-0.05, 0) is 83.4 Å². The number of allylic oxidation sites excluding steroid dienone is 4. The second-order valence-electron chi connectivity index (χ2n) is 11.0. The van der Waals surface area contributed by atoms with Gasteiger partial charge in [0.25, 0.3) is 0 Å². The molecular formula is C36H42N2S. The maximum Gasteiger partial charge on any atom is 0.0366 e. The van der Waals surface area contributed by atoms with E-state index in [-0.39, 0.29) is 0 Å². The minimum atomic E-state index is 0.440. The van der Waals surface area contributed by atoms with Gasteiger partial charge in [0.2, 0.25) is 0 Å². The van der Waals surface area contributed by atoms with Gasteiger partial charge in [-0.3, -0.25) is 0 Å². The molecule has 3 aromatic rings. The second kappa shape index (κ2) is 13.3. The fraction of sp³-hybridized carbons (Fsp3) is 0.333. The Hall–Kier alpha value is -3.17. The van der Waals surface area contributed by atoms with Crippen molar-refractivity contribution >= 4 is 23.1 Å². The van der Waals surface area contributed by atoms with E-state index in [1.807, 2.05) is 11.8 Å². The van der Waals surface area contributed by atoms with Gasteiger partial charge in [-0.15, -0.1) is 0 Å². The summed E-state index contributed by atoms with van der Waals surface area (Å²) in [5, 5.41) is 3.64. The number of piperidine rings is 1. The zero-order valence-electron chi connectivity index (χ0n) is 23.5. The highest BCUT2D eigenvalue weighted by molar-refractivity contribution is 8.03. The third-order valence-corrected chi connectivity index (χ3v) is 9.64. The fourth-order valence-corrected chi connectivity index (χ4v) is 7.05. The van der Waals surface area contributed by atoms with Gasteiger partial charge in [0.05, 0.1) is 0 Å². The molecule has 0 spiro atoms. The molecule has 0 radical (unpaired) electrons. The number of thioether (sulfide) groups is 1. The Morgan fingerprint density at radius 1 is 0.949 bits per heavy atom. The summed E-state index contributed by atoms with van der Waals surface area (Å²) in [6.07, 6.45) is 9.40. The van der Waals surface area contributed by atoms with Crippen molar-refractivity contribution in [1.82, 2.24) is 5.32 Å². The van der Waals surface area contributed by atoms with Crippen molar-refractivity contribution in [2.75, 3.05) is 24.5 Å². The van der Waals surface area contributed by atoms with Gasteiger partial charge >= 0.3 is 0 Å². The average Bonchev–Trinajstić information content (AvgIpc) is 2.99. The van der Waals surface area contributed by atoms with Crippen LogP contribution in [0, 0.1) is 11.8 Å². The highest BCUT2D eigenvalue weighted by Crippen LogP contribution is 2.44. The summed E-state index contributed by atoms with van der Waals surface area (Å²) in [4.78, 5) is 5.32. The van der Waals surface area contributed by atoms with E-state index >= 15 is 0 Å². The van der Waals surface area contributed by atoms with Gasteiger partial charge in [-0.25, -0.2) is 0 Å². The van der Waals surface area contributed by atoms with Crippen LogP contribution in [0.3, 0.4) is 0 Å². The molecule has 5 rings (SSSR count). The van der Waals surface area contributed by atoms with Crippen LogP contribution in [-0.2, 0) is 0 Å². The Labute approximate surface area is 239 Å². The largest absolute Gasteiger partial charge is 0.385 e. The third kappa shape index (κ3) is 6.89. The maximum atomic E-state index is 4.36. The standard InChI is InChI=1S/C36H42N2S/c1-4-34(31-13-7-5-8-14-31)35-17-11-12-27(2)36(35)39-33-20-18-30(19-21-33)28(3)37-26-29-22-24-38(25-23-29)32-15-9-6-10-16-32/h5-11,13-21,27,29,34,37H,3-4,12,22-26H2,1-2H3. The van der Waals surface area contributed by atoms with Crippen LogP contribution in [-0.4, -0.2) is 19.6 Å². The molecule has 1 aliphatic heterocycles. The van der Waals surface area contributed by atoms with Crippen LogP contribution >= 0.6 is 11.8 Å². The van der Waals surface area contributed by atoms with E-state index in [0.29, 0.717) is 17.8 Å². The predicted octanol–water partition coefficient (Wildman–Crippen LogP) is 9.30. The Balaban J connectivity index is 1.18. The number of nitrogens with zero attached hydrogens (tertiary/aromatic N) is 1. The second-order valence-corrected chi connectivity index (χ2v) is 12.1. The summed E-state index contributed by atoms with van der Waals surface area (Å²) in [5.74, 6) is 1.67. The Morgan fingerprint density at radius 3 is 2.28 bits per heavy atom. The molecule has 0 saturated carbocycles. The summed E-state index contributed by atoms with van der Waals surface area (Å²) in [6.45, 7) is 12.3. The average molecular weight is 535 g/mol. The number of hydrogen-bond donors (Lipinski definition) is 1. The number of anilines is 1. The predicted molar refractivity (Wildman–Crippen MR) is 170 cm³/mol. The van der Waals surface area contributed by atoms with Crippen LogP contribution in [0.1, 0.15) is 56.6 Å².